The van der Waals surface area contributed by atoms with Crippen molar-refractivity contribution in [1.82, 2.24) is 0 Å². The van der Waals surface area contributed by atoms with Crippen LogP contribution >= 0.6 is 0 Å². The van der Waals surface area contributed by atoms with Crippen LogP contribution in [0.25, 0.3) is 32.7 Å². The summed E-state index contributed by atoms with van der Waals surface area (Å²) in [6, 6.07) is 26.0. The van der Waals surface area contributed by atoms with Crippen LogP contribution < -0.4 is 0 Å². The Kier molecular flexibility index (Phi) is 2.90. The smallest absolute Gasteiger partial charge is 0.0647 e. The number of hydrogen-bond acceptors (Lipinski definition) is 1. The molecule has 0 saturated heterocycles. The first kappa shape index (κ1) is 14.7. The summed E-state index contributed by atoms with van der Waals surface area (Å²) in [5.74, 6) is 0. The molecule has 0 amide bonds. The Balaban J connectivity index is 1.94. The molecule has 1 unspecified atom stereocenters. The summed E-state index contributed by atoms with van der Waals surface area (Å²) < 4.78 is 0. The largest absolute Gasteiger partial charge is 0.392 e. The van der Waals surface area contributed by atoms with E-state index in [4.69, 9.17) is 0 Å². The van der Waals surface area contributed by atoms with E-state index in [1.165, 1.54) is 43.8 Å². The Morgan fingerprint density at radius 3 is 1.40 bits per heavy atom. The van der Waals surface area contributed by atoms with Crippen molar-refractivity contribution in [2.24, 2.45) is 0 Å². The van der Waals surface area contributed by atoms with E-state index in [0.717, 1.165) is 0 Å². The number of aliphatic hydroxyl groups is 1. The molecule has 1 nitrogen and oxygen atoms in total. The molecule has 1 aliphatic carbocycles. The van der Waals surface area contributed by atoms with Crippen LogP contribution in [0.15, 0.2) is 72.8 Å². The lowest BCUT2D eigenvalue weighted by atomic mass is 9.75. The van der Waals surface area contributed by atoms with E-state index in [0.29, 0.717) is 0 Å². The fourth-order valence-corrected chi connectivity index (χ4v) is 4.38. The van der Waals surface area contributed by atoms with E-state index < -0.39 is 11.5 Å². The van der Waals surface area contributed by atoms with Crippen LogP contribution in [0.3, 0.4) is 0 Å². The monoisotopic (exact) mass is 324 g/mol. The molecule has 0 heterocycles. The molecule has 0 radical (unpaired) electrons. The van der Waals surface area contributed by atoms with Crippen LogP contribution in [0, 0.1) is 0 Å². The Labute approximate surface area is 147 Å². The molecule has 1 heteroatoms. The van der Waals surface area contributed by atoms with Crippen LogP contribution in [0.1, 0.15) is 25.0 Å². The molecule has 1 atom stereocenters. The van der Waals surface area contributed by atoms with Gasteiger partial charge in [-0.15, -0.1) is 0 Å². The average molecular weight is 324 g/mol. The maximum atomic E-state index is 10.7. The summed E-state index contributed by atoms with van der Waals surface area (Å²) in [6.45, 7) is 4.08. The second-order valence-corrected chi connectivity index (χ2v) is 7.37. The quantitative estimate of drug-likeness (QED) is 0.479. The molecule has 0 aromatic heterocycles. The Morgan fingerprint density at radius 1 is 0.680 bits per heavy atom. The molecule has 25 heavy (non-hydrogen) atoms. The molecule has 0 bridgehead atoms. The molecule has 0 saturated carbocycles. The van der Waals surface area contributed by atoms with E-state index in [1.54, 1.807) is 0 Å². The number of hydrogen-bond donors (Lipinski definition) is 1. The van der Waals surface area contributed by atoms with Crippen molar-refractivity contribution in [3.8, 4) is 11.1 Å². The maximum Gasteiger partial charge on any atom is 0.0647 e. The first-order valence-corrected chi connectivity index (χ1v) is 8.84. The van der Waals surface area contributed by atoms with Crippen molar-refractivity contribution < 1.29 is 5.11 Å². The molecule has 0 aliphatic heterocycles. The van der Waals surface area contributed by atoms with Gasteiger partial charge in [-0.3, -0.25) is 0 Å². The Hall–Kier alpha value is -2.64. The number of rotatable bonds is 1. The number of benzene rings is 4. The SMILES string of the molecule is CC(O)C1(C)c2cc3ccccc3cc2-c2cc3ccccc3cc21. The zero-order valence-electron chi connectivity index (χ0n) is 14.5. The summed E-state index contributed by atoms with van der Waals surface area (Å²) in [7, 11) is 0. The first-order chi connectivity index (χ1) is 12.1. The lowest BCUT2D eigenvalue weighted by Crippen LogP contribution is -2.33. The predicted octanol–water partition coefficient (Wildman–Crippen LogP) is 5.66. The molecule has 4 aromatic carbocycles. The minimum Gasteiger partial charge on any atom is -0.392 e. The summed E-state index contributed by atoms with van der Waals surface area (Å²) in [5, 5.41) is 15.7. The summed E-state index contributed by atoms with van der Waals surface area (Å²) in [4.78, 5) is 0. The molecule has 5 rings (SSSR count). The van der Waals surface area contributed by atoms with Crippen molar-refractivity contribution in [3.63, 3.8) is 0 Å². The van der Waals surface area contributed by atoms with Gasteiger partial charge in [0.15, 0.2) is 0 Å². The second-order valence-electron chi connectivity index (χ2n) is 7.37. The molecule has 0 fully saturated rings. The zero-order chi connectivity index (χ0) is 17.2. The minimum atomic E-state index is -0.463. The van der Waals surface area contributed by atoms with Gasteiger partial charge in [-0.1, -0.05) is 48.5 Å². The molecular weight excluding hydrogens is 304 g/mol. The Bertz CT molecular complexity index is 1050. The summed E-state index contributed by atoms with van der Waals surface area (Å²) in [5.41, 5.74) is 4.57. The van der Waals surface area contributed by atoms with Crippen LogP contribution in [0.4, 0.5) is 0 Å². The third kappa shape index (κ3) is 1.87. The van der Waals surface area contributed by atoms with E-state index >= 15 is 0 Å². The van der Waals surface area contributed by atoms with Crippen LogP contribution in [-0.4, -0.2) is 11.2 Å². The van der Waals surface area contributed by atoms with Crippen LogP contribution in [0.5, 0.6) is 0 Å². The van der Waals surface area contributed by atoms with Gasteiger partial charge in [0.1, 0.15) is 0 Å². The molecule has 1 aliphatic rings. The van der Waals surface area contributed by atoms with E-state index in [9.17, 15) is 5.11 Å². The highest BCUT2D eigenvalue weighted by atomic mass is 16.3. The Morgan fingerprint density at radius 2 is 1.04 bits per heavy atom. The van der Waals surface area contributed by atoms with Gasteiger partial charge in [0.25, 0.3) is 0 Å². The standard InChI is InChI=1S/C24H20O/c1-15(25)24(2)22-13-18-9-5-3-7-16(18)11-20(22)21-12-17-8-4-6-10-19(17)14-23(21)24/h3-15,25H,1-2H3. The summed E-state index contributed by atoms with van der Waals surface area (Å²) in [6.07, 6.45) is -0.463. The van der Waals surface area contributed by atoms with E-state index in [2.05, 4.69) is 79.7 Å². The number of fused-ring (bicyclic) bond motifs is 5. The van der Waals surface area contributed by atoms with Crippen molar-refractivity contribution in [2.45, 2.75) is 25.4 Å². The van der Waals surface area contributed by atoms with Crippen molar-refractivity contribution in [3.05, 3.63) is 83.9 Å². The van der Waals surface area contributed by atoms with Gasteiger partial charge in [0.05, 0.1) is 6.10 Å². The molecule has 1 N–H and O–H groups in total. The predicted molar refractivity (Wildman–Crippen MR) is 105 cm³/mol. The molecular formula is C24H20O. The first-order valence-electron chi connectivity index (χ1n) is 8.84. The topological polar surface area (TPSA) is 20.2 Å². The normalized spacial score (nSPS) is 16.0. The van der Waals surface area contributed by atoms with Crippen molar-refractivity contribution in [2.75, 3.05) is 0 Å². The van der Waals surface area contributed by atoms with Gasteiger partial charge >= 0.3 is 0 Å². The van der Waals surface area contributed by atoms with Gasteiger partial charge in [-0.05, 0) is 81.9 Å². The number of aliphatic hydroxyl groups excluding tert-OH is 1. The maximum absolute atomic E-state index is 10.7. The van der Waals surface area contributed by atoms with Gasteiger partial charge in [0.2, 0.25) is 0 Å². The van der Waals surface area contributed by atoms with Crippen molar-refractivity contribution in [1.29, 1.82) is 0 Å². The third-order valence-corrected chi connectivity index (χ3v) is 6.02. The lowest BCUT2D eigenvalue weighted by Gasteiger charge is -2.31. The highest BCUT2D eigenvalue weighted by Gasteiger charge is 2.43. The van der Waals surface area contributed by atoms with Gasteiger partial charge in [-0.25, -0.2) is 0 Å². The van der Waals surface area contributed by atoms with Crippen molar-refractivity contribution >= 4 is 21.5 Å². The highest BCUT2D eigenvalue weighted by molar-refractivity contribution is 5.98. The van der Waals surface area contributed by atoms with Gasteiger partial charge < -0.3 is 5.11 Å². The lowest BCUT2D eigenvalue weighted by molar-refractivity contribution is 0.132. The molecule has 122 valence electrons. The van der Waals surface area contributed by atoms with Crippen LogP contribution in [-0.2, 0) is 5.41 Å². The van der Waals surface area contributed by atoms with E-state index in [1.807, 2.05) is 6.92 Å². The zero-order valence-corrected chi connectivity index (χ0v) is 14.5. The summed E-state index contributed by atoms with van der Waals surface area (Å²) >= 11 is 0. The third-order valence-electron chi connectivity index (χ3n) is 6.02. The highest BCUT2D eigenvalue weighted by Crippen LogP contribution is 2.52. The fraction of sp³-hybridized carbons (Fsp3) is 0.167. The molecule has 0 spiro atoms. The van der Waals surface area contributed by atoms with Gasteiger partial charge in [0, 0.05) is 5.41 Å². The van der Waals surface area contributed by atoms with Gasteiger partial charge in [-0.2, -0.15) is 0 Å². The molecule has 4 aromatic rings. The second kappa shape index (κ2) is 4.93. The van der Waals surface area contributed by atoms with E-state index in [-0.39, 0.29) is 0 Å². The fourth-order valence-electron chi connectivity index (χ4n) is 4.38. The van der Waals surface area contributed by atoms with Crippen LogP contribution in [0.2, 0.25) is 0 Å². The average Bonchev–Trinajstić information content (AvgIpc) is 2.87. The minimum absolute atomic E-state index is 0.390.